The fourth-order valence-electron chi connectivity index (χ4n) is 3.56. The van der Waals surface area contributed by atoms with Crippen molar-refractivity contribution in [2.75, 3.05) is 20.2 Å². The summed E-state index contributed by atoms with van der Waals surface area (Å²) >= 11 is 0. The molecule has 0 saturated carbocycles. The maximum absolute atomic E-state index is 5.85. The molecule has 0 aliphatic carbocycles. The van der Waals surface area contributed by atoms with E-state index in [4.69, 9.17) is 4.74 Å². The van der Waals surface area contributed by atoms with Crippen LogP contribution in [-0.4, -0.2) is 29.8 Å². The number of likely N-dealkylation sites (N-methyl/N-ethyl adjacent to an activating group) is 1. The molecular formula is C20H21N3O. The van der Waals surface area contributed by atoms with Gasteiger partial charge >= 0.3 is 0 Å². The van der Waals surface area contributed by atoms with Crippen LogP contribution in [0.3, 0.4) is 0 Å². The van der Waals surface area contributed by atoms with Gasteiger partial charge in [0, 0.05) is 47.7 Å². The molecule has 0 unspecified atom stereocenters. The first-order chi connectivity index (χ1) is 11.7. The Morgan fingerprint density at radius 2 is 2.00 bits per heavy atom. The molecule has 0 saturated heterocycles. The molecule has 0 bridgehead atoms. The minimum absolute atomic E-state index is 0.665. The van der Waals surface area contributed by atoms with E-state index >= 15 is 0 Å². The van der Waals surface area contributed by atoms with Crippen LogP contribution in [0.25, 0.3) is 32.6 Å². The van der Waals surface area contributed by atoms with Crippen LogP contribution >= 0.6 is 0 Å². The number of rotatable bonds is 4. The van der Waals surface area contributed by atoms with Gasteiger partial charge in [0.25, 0.3) is 0 Å². The highest BCUT2D eigenvalue weighted by atomic mass is 16.5. The van der Waals surface area contributed by atoms with Crippen LogP contribution in [0.1, 0.15) is 5.56 Å². The Balaban J connectivity index is 1.98. The molecule has 122 valence electrons. The lowest BCUT2D eigenvalue weighted by molar-refractivity contribution is 0.319. The molecule has 4 heteroatoms. The van der Waals surface area contributed by atoms with Crippen LogP contribution in [0.15, 0.2) is 42.7 Å². The maximum Gasteiger partial charge on any atom is 0.120 e. The van der Waals surface area contributed by atoms with E-state index in [1.165, 1.54) is 38.1 Å². The molecule has 0 aliphatic rings. The molecule has 0 atom stereocenters. The summed E-state index contributed by atoms with van der Waals surface area (Å²) in [6.07, 6.45) is 3.80. The summed E-state index contributed by atoms with van der Waals surface area (Å²) in [4.78, 5) is 4.28. The number of aryl methyl sites for hydroxylation is 2. The molecule has 0 fully saturated rings. The maximum atomic E-state index is 5.85. The minimum Gasteiger partial charge on any atom is -0.492 e. The quantitative estimate of drug-likeness (QED) is 0.582. The monoisotopic (exact) mass is 319 g/mol. The first-order valence-electron chi connectivity index (χ1n) is 8.23. The molecule has 24 heavy (non-hydrogen) atoms. The summed E-state index contributed by atoms with van der Waals surface area (Å²) in [5.41, 5.74) is 3.79. The van der Waals surface area contributed by atoms with Crippen LogP contribution in [-0.2, 0) is 7.05 Å². The van der Waals surface area contributed by atoms with Crippen LogP contribution in [0.4, 0.5) is 0 Å². The van der Waals surface area contributed by atoms with Gasteiger partial charge < -0.3 is 14.6 Å². The van der Waals surface area contributed by atoms with Crippen molar-refractivity contribution in [3.8, 4) is 5.75 Å². The SMILES string of the molecule is CNCCOc1ccc2c(c1)c1cc3cnccc3c(C)c1n2C. The van der Waals surface area contributed by atoms with E-state index in [2.05, 4.69) is 53.1 Å². The van der Waals surface area contributed by atoms with Gasteiger partial charge in [-0.1, -0.05) is 0 Å². The van der Waals surface area contributed by atoms with Gasteiger partial charge in [0.15, 0.2) is 0 Å². The van der Waals surface area contributed by atoms with Crippen molar-refractivity contribution in [2.24, 2.45) is 7.05 Å². The Morgan fingerprint density at radius 1 is 1.12 bits per heavy atom. The highest BCUT2D eigenvalue weighted by molar-refractivity contribution is 6.14. The molecule has 0 aliphatic heterocycles. The topological polar surface area (TPSA) is 39.1 Å². The number of nitrogens with zero attached hydrogens (tertiary/aromatic N) is 2. The summed E-state index contributed by atoms with van der Waals surface area (Å²) in [7, 11) is 4.06. The molecular weight excluding hydrogens is 298 g/mol. The highest BCUT2D eigenvalue weighted by Gasteiger charge is 2.13. The molecule has 0 radical (unpaired) electrons. The van der Waals surface area contributed by atoms with E-state index in [1.807, 2.05) is 25.5 Å². The van der Waals surface area contributed by atoms with Gasteiger partial charge in [-0.05, 0) is 55.3 Å². The van der Waals surface area contributed by atoms with Gasteiger partial charge in [-0.3, -0.25) is 4.98 Å². The minimum atomic E-state index is 0.665. The molecule has 0 spiro atoms. The van der Waals surface area contributed by atoms with Crippen molar-refractivity contribution in [1.82, 2.24) is 14.9 Å². The molecule has 2 aromatic heterocycles. The number of nitrogens with one attached hydrogen (secondary N) is 1. The van der Waals surface area contributed by atoms with Crippen molar-refractivity contribution >= 4 is 32.6 Å². The lowest BCUT2D eigenvalue weighted by atomic mass is 10.0. The third-order valence-electron chi connectivity index (χ3n) is 4.74. The van der Waals surface area contributed by atoms with Gasteiger partial charge in [0.2, 0.25) is 0 Å². The van der Waals surface area contributed by atoms with E-state index in [0.717, 1.165) is 12.3 Å². The number of hydrogen-bond acceptors (Lipinski definition) is 3. The van der Waals surface area contributed by atoms with Crippen LogP contribution in [0.5, 0.6) is 5.75 Å². The molecule has 4 aromatic rings. The smallest absolute Gasteiger partial charge is 0.120 e. The van der Waals surface area contributed by atoms with E-state index < -0.39 is 0 Å². The van der Waals surface area contributed by atoms with Crippen molar-refractivity contribution < 1.29 is 4.74 Å². The molecule has 4 nitrogen and oxygen atoms in total. The molecule has 2 aromatic carbocycles. The van der Waals surface area contributed by atoms with Crippen molar-refractivity contribution in [2.45, 2.75) is 6.92 Å². The third kappa shape index (κ3) is 2.22. The van der Waals surface area contributed by atoms with Crippen LogP contribution in [0, 0.1) is 6.92 Å². The second kappa shape index (κ2) is 5.80. The third-order valence-corrected chi connectivity index (χ3v) is 4.74. The summed E-state index contributed by atoms with van der Waals surface area (Å²) in [5, 5.41) is 8.02. The molecule has 4 rings (SSSR count). The van der Waals surface area contributed by atoms with E-state index in [-0.39, 0.29) is 0 Å². The van der Waals surface area contributed by atoms with Crippen LogP contribution < -0.4 is 10.1 Å². The van der Waals surface area contributed by atoms with Crippen LogP contribution in [0.2, 0.25) is 0 Å². The zero-order valence-electron chi connectivity index (χ0n) is 14.3. The summed E-state index contributed by atoms with van der Waals surface area (Å²) in [6.45, 7) is 3.69. The molecule has 2 heterocycles. The first kappa shape index (κ1) is 15.0. The van der Waals surface area contributed by atoms with Gasteiger partial charge in [-0.15, -0.1) is 0 Å². The number of benzene rings is 2. The van der Waals surface area contributed by atoms with Gasteiger partial charge in [0.1, 0.15) is 12.4 Å². The number of hydrogen-bond donors (Lipinski definition) is 1. The first-order valence-corrected chi connectivity index (χ1v) is 8.23. The van der Waals surface area contributed by atoms with Crippen molar-refractivity contribution in [3.05, 3.63) is 48.3 Å². The Labute approximate surface area is 141 Å². The number of ether oxygens (including phenoxy) is 1. The average Bonchev–Trinajstić information content (AvgIpc) is 2.88. The molecule has 0 amide bonds. The lowest BCUT2D eigenvalue weighted by Gasteiger charge is -2.06. The molecule has 1 N–H and O–H groups in total. The van der Waals surface area contributed by atoms with Gasteiger partial charge in [-0.25, -0.2) is 0 Å². The zero-order chi connectivity index (χ0) is 16.7. The number of fused-ring (bicyclic) bond motifs is 4. The van der Waals surface area contributed by atoms with Gasteiger partial charge in [0.05, 0.1) is 5.52 Å². The Morgan fingerprint density at radius 3 is 2.83 bits per heavy atom. The predicted molar refractivity (Wildman–Crippen MR) is 99.9 cm³/mol. The summed E-state index contributed by atoms with van der Waals surface area (Å²) in [6, 6.07) is 10.7. The average molecular weight is 319 g/mol. The lowest BCUT2D eigenvalue weighted by Crippen LogP contribution is -2.15. The van der Waals surface area contributed by atoms with Gasteiger partial charge in [-0.2, -0.15) is 0 Å². The Bertz CT molecular complexity index is 1050. The zero-order valence-corrected chi connectivity index (χ0v) is 14.3. The van der Waals surface area contributed by atoms with E-state index in [1.54, 1.807) is 0 Å². The number of pyridine rings is 1. The fourth-order valence-corrected chi connectivity index (χ4v) is 3.56. The highest BCUT2D eigenvalue weighted by Crippen LogP contribution is 2.36. The Hall–Kier alpha value is -2.59. The standard InChI is InChI=1S/C20H21N3O/c1-13-16-6-7-22-12-14(16)10-18-17-11-15(24-9-8-21-2)4-5-19(17)23(3)20(13)18/h4-7,10-12,21H,8-9H2,1-3H3. The predicted octanol–water partition coefficient (Wildman–Crippen LogP) is 3.79. The summed E-state index contributed by atoms with van der Waals surface area (Å²) in [5.74, 6) is 0.911. The van der Waals surface area contributed by atoms with Crippen molar-refractivity contribution in [1.29, 1.82) is 0 Å². The van der Waals surface area contributed by atoms with E-state index in [0.29, 0.717) is 6.61 Å². The second-order valence-corrected chi connectivity index (χ2v) is 6.18. The Kier molecular flexibility index (Phi) is 3.62. The second-order valence-electron chi connectivity index (χ2n) is 6.18. The largest absolute Gasteiger partial charge is 0.492 e. The van der Waals surface area contributed by atoms with E-state index in [9.17, 15) is 0 Å². The summed E-state index contributed by atoms with van der Waals surface area (Å²) < 4.78 is 8.12. The van der Waals surface area contributed by atoms with Crippen molar-refractivity contribution in [3.63, 3.8) is 0 Å². The number of aromatic nitrogens is 2. The normalized spacial score (nSPS) is 11.6. The fraction of sp³-hybridized carbons (Fsp3) is 0.250.